The second kappa shape index (κ2) is 7.69. The van der Waals surface area contributed by atoms with Crippen LogP contribution in [0.3, 0.4) is 0 Å². The first-order chi connectivity index (χ1) is 9.75. The van der Waals surface area contributed by atoms with E-state index in [4.69, 9.17) is 0 Å². The number of thiazole rings is 1. The predicted molar refractivity (Wildman–Crippen MR) is 67.4 cm³/mol. The Morgan fingerprint density at radius 2 is 2.05 bits per heavy atom. The molecule has 1 rings (SSSR count). The smallest absolute Gasteiger partial charge is 0.399 e. The molecule has 0 aliphatic carbocycles. The maximum absolute atomic E-state index is 12.7. The summed E-state index contributed by atoms with van der Waals surface area (Å²) in [4.78, 5) is 7.38. The van der Waals surface area contributed by atoms with Gasteiger partial charge in [-0.3, -0.25) is 0 Å². The Morgan fingerprint density at radius 1 is 1.38 bits per heavy atom. The highest BCUT2D eigenvalue weighted by molar-refractivity contribution is 8.01. The molecule has 0 saturated heterocycles. The molecule has 0 atom stereocenters. The summed E-state index contributed by atoms with van der Waals surface area (Å²) in [5.41, 5.74) is -1.15. The van der Waals surface area contributed by atoms with Crippen LogP contribution in [-0.2, 0) is 11.0 Å². The number of hydrogen-bond acceptors (Lipinski definition) is 5. The molecular formula is C10H8F6N2OS2. The maximum Gasteiger partial charge on any atom is 0.434 e. The first-order valence-electron chi connectivity index (χ1n) is 5.22. The van der Waals surface area contributed by atoms with Gasteiger partial charge in [0.2, 0.25) is 0 Å². The standard InChI is InChI=1S/C10H8F6N2OS2/c1-19-17-4-6-7(10(14,15)16)18-9(21-6)20-3-2-5(11)8(12)13/h4H,2-3H2,1H3. The molecule has 118 valence electrons. The fourth-order valence-electron chi connectivity index (χ4n) is 1.09. The SMILES string of the molecule is CON=Cc1sc(SCCC(F)=C(F)F)nc1C(F)(F)F. The molecule has 1 heterocycles. The zero-order valence-electron chi connectivity index (χ0n) is 10.4. The lowest BCUT2D eigenvalue weighted by atomic mass is 10.4. The van der Waals surface area contributed by atoms with Crippen molar-refractivity contribution in [2.75, 3.05) is 12.9 Å². The lowest BCUT2D eigenvalue weighted by Gasteiger charge is -2.02. The van der Waals surface area contributed by atoms with E-state index in [2.05, 4.69) is 15.0 Å². The summed E-state index contributed by atoms with van der Waals surface area (Å²) in [7, 11) is 1.17. The highest BCUT2D eigenvalue weighted by Crippen LogP contribution is 2.37. The van der Waals surface area contributed by atoms with Gasteiger partial charge in [-0.05, 0) is 0 Å². The van der Waals surface area contributed by atoms with Crippen LogP contribution in [0.5, 0.6) is 0 Å². The van der Waals surface area contributed by atoms with Crippen LogP contribution in [0, 0.1) is 0 Å². The Bertz CT molecular complexity index is 536. The van der Waals surface area contributed by atoms with Crippen LogP contribution in [0.2, 0.25) is 0 Å². The van der Waals surface area contributed by atoms with Gasteiger partial charge in [-0.25, -0.2) is 9.37 Å². The Morgan fingerprint density at radius 3 is 2.57 bits per heavy atom. The van der Waals surface area contributed by atoms with E-state index in [0.717, 1.165) is 18.0 Å². The van der Waals surface area contributed by atoms with Crippen molar-refractivity contribution in [2.24, 2.45) is 5.16 Å². The number of thioether (sulfide) groups is 1. The number of nitrogens with zero attached hydrogens (tertiary/aromatic N) is 2. The van der Waals surface area contributed by atoms with E-state index in [-0.39, 0.29) is 15.0 Å². The summed E-state index contributed by atoms with van der Waals surface area (Å²) in [5, 5.41) is 3.23. The Hall–Kier alpha value is -1.23. The van der Waals surface area contributed by atoms with Crippen LogP contribution >= 0.6 is 23.1 Å². The minimum absolute atomic E-state index is 0.0213. The first kappa shape index (κ1) is 17.8. The summed E-state index contributed by atoms with van der Waals surface area (Å²) >= 11 is 1.41. The van der Waals surface area contributed by atoms with Crippen molar-refractivity contribution < 1.29 is 31.2 Å². The van der Waals surface area contributed by atoms with Gasteiger partial charge < -0.3 is 4.84 Å². The minimum atomic E-state index is -4.68. The third kappa shape index (κ3) is 5.58. The maximum atomic E-state index is 12.7. The number of hydrogen-bond donors (Lipinski definition) is 0. The number of rotatable bonds is 6. The van der Waals surface area contributed by atoms with E-state index in [1.165, 1.54) is 7.11 Å². The fourth-order valence-corrected chi connectivity index (χ4v) is 3.13. The van der Waals surface area contributed by atoms with Gasteiger partial charge >= 0.3 is 12.3 Å². The molecule has 0 radical (unpaired) electrons. The van der Waals surface area contributed by atoms with E-state index >= 15 is 0 Å². The zero-order chi connectivity index (χ0) is 16.0. The van der Waals surface area contributed by atoms with E-state index in [1.807, 2.05) is 0 Å². The highest BCUT2D eigenvalue weighted by Gasteiger charge is 2.37. The first-order valence-corrected chi connectivity index (χ1v) is 7.03. The number of allylic oxidation sites excluding steroid dienone is 1. The van der Waals surface area contributed by atoms with Crippen molar-refractivity contribution in [1.82, 2.24) is 4.98 Å². The molecule has 1 aromatic rings. The topological polar surface area (TPSA) is 34.5 Å². The van der Waals surface area contributed by atoms with Crippen LogP contribution in [0.1, 0.15) is 17.0 Å². The van der Waals surface area contributed by atoms with Crippen LogP contribution in [0.15, 0.2) is 21.4 Å². The fraction of sp³-hybridized carbons (Fsp3) is 0.400. The molecule has 21 heavy (non-hydrogen) atoms. The number of oxime groups is 1. The van der Waals surface area contributed by atoms with Gasteiger partial charge in [0.25, 0.3) is 0 Å². The molecule has 0 bridgehead atoms. The Labute approximate surface area is 123 Å². The monoisotopic (exact) mass is 350 g/mol. The van der Waals surface area contributed by atoms with Gasteiger partial charge in [-0.1, -0.05) is 16.9 Å². The summed E-state index contributed by atoms with van der Waals surface area (Å²) in [6.07, 6.45) is -6.85. The molecule has 11 heteroatoms. The summed E-state index contributed by atoms with van der Waals surface area (Å²) in [5.74, 6) is -1.74. The van der Waals surface area contributed by atoms with Crippen LogP contribution in [0.4, 0.5) is 26.3 Å². The second-order valence-electron chi connectivity index (χ2n) is 3.37. The molecule has 1 aromatic heterocycles. The van der Waals surface area contributed by atoms with Gasteiger partial charge in [0.15, 0.2) is 15.9 Å². The van der Waals surface area contributed by atoms with E-state index in [1.54, 1.807) is 0 Å². The van der Waals surface area contributed by atoms with Gasteiger partial charge in [-0.15, -0.1) is 11.3 Å². The summed E-state index contributed by atoms with van der Waals surface area (Å²) in [6.45, 7) is 0. The predicted octanol–water partition coefficient (Wildman–Crippen LogP) is 4.70. The molecule has 0 spiro atoms. The van der Waals surface area contributed by atoms with E-state index in [9.17, 15) is 26.3 Å². The van der Waals surface area contributed by atoms with E-state index in [0.29, 0.717) is 11.3 Å². The molecule has 0 aliphatic rings. The minimum Gasteiger partial charge on any atom is -0.399 e. The van der Waals surface area contributed by atoms with Gasteiger partial charge in [0, 0.05) is 12.2 Å². The number of alkyl halides is 3. The Balaban J connectivity index is 2.83. The lowest BCUT2D eigenvalue weighted by molar-refractivity contribution is -0.141. The summed E-state index contributed by atoms with van der Waals surface area (Å²) < 4.78 is 74.3. The molecule has 0 aliphatic heterocycles. The molecule has 0 N–H and O–H groups in total. The Kier molecular flexibility index (Phi) is 6.52. The molecule has 0 unspecified atom stereocenters. The molecular weight excluding hydrogens is 342 g/mol. The number of halogens is 6. The average molecular weight is 350 g/mol. The third-order valence-electron chi connectivity index (χ3n) is 1.93. The molecule has 0 fully saturated rings. The van der Waals surface area contributed by atoms with Gasteiger partial charge in [-0.2, -0.15) is 22.0 Å². The van der Waals surface area contributed by atoms with Crippen molar-refractivity contribution in [3.8, 4) is 0 Å². The average Bonchev–Trinajstić information content (AvgIpc) is 2.79. The molecule has 0 aromatic carbocycles. The van der Waals surface area contributed by atoms with Crippen LogP contribution in [-0.4, -0.2) is 24.1 Å². The zero-order valence-corrected chi connectivity index (χ0v) is 12.0. The van der Waals surface area contributed by atoms with Crippen molar-refractivity contribution in [3.05, 3.63) is 22.5 Å². The van der Waals surface area contributed by atoms with Crippen LogP contribution in [0.25, 0.3) is 0 Å². The van der Waals surface area contributed by atoms with Gasteiger partial charge in [0.05, 0.1) is 11.1 Å². The quantitative estimate of drug-likeness (QED) is 0.323. The largest absolute Gasteiger partial charge is 0.434 e. The molecule has 3 nitrogen and oxygen atoms in total. The highest BCUT2D eigenvalue weighted by atomic mass is 32.2. The van der Waals surface area contributed by atoms with Crippen molar-refractivity contribution >= 4 is 29.3 Å². The second-order valence-corrected chi connectivity index (χ2v) is 5.74. The third-order valence-corrected chi connectivity index (χ3v) is 4.06. The summed E-state index contributed by atoms with van der Waals surface area (Å²) in [6, 6.07) is 0. The van der Waals surface area contributed by atoms with Crippen molar-refractivity contribution in [3.63, 3.8) is 0 Å². The normalized spacial score (nSPS) is 12.0. The van der Waals surface area contributed by atoms with Crippen molar-refractivity contribution in [1.29, 1.82) is 0 Å². The van der Waals surface area contributed by atoms with Crippen LogP contribution < -0.4 is 0 Å². The lowest BCUT2D eigenvalue weighted by Crippen LogP contribution is -2.08. The number of aromatic nitrogens is 1. The molecule has 0 amide bonds. The molecule has 0 saturated carbocycles. The van der Waals surface area contributed by atoms with E-state index < -0.39 is 30.2 Å². The van der Waals surface area contributed by atoms with Crippen molar-refractivity contribution in [2.45, 2.75) is 16.9 Å². The van der Waals surface area contributed by atoms with Gasteiger partial charge in [0.1, 0.15) is 7.11 Å².